The summed E-state index contributed by atoms with van der Waals surface area (Å²) in [6.45, 7) is 0. The van der Waals surface area contributed by atoms with Gasteiger partial charge in [-0.2, -0.15) is 31.4 Å². The van der Waals surface area contributed by atoms with E-state index < -0.39 is 29.6 Å². The van der Waals surface area contributed by atoms with Crippen LogP contribution in [-0.2, 0) is 12.4 Å². The highest BCUT2D eigenvalue weighted by Gasteiger charge is 2.42. The van der Waals surface area contributed by atoms with E-state index >= 15 is 0 Å². The van der Waals surface area contributed by atoms with Crippen molar-refractivity contribution in [1.29, 1.82) is 0 Å². The van der Waals surface area contributed by atoms with Gasteiger partial charge in [-0.25, -0.2) is 4.68 Å². The van der Waals surface area contributed by atoms with E-state index in [0.717, 1.165) is 12.1 Å². The minimum absolute atomic E-state index is 0.000453. The number of amides is 1. The number of ether oxygens (including phenoxy) is 1. The summed E-state index contributed by atoms with van der Waals surface area (Å²) in [5, 5.41) is 5.50. The summed E-state index contributed by atoms with van der Waals surface area (Å²) >= 11 is 5.96. The van der Waals surface area contributed by atoms with E-state index in [1.165, 1.54) is 31.6 Å². The van der Waals surface area contributed by atoms with Gasteiger partial charge in [-0.15, -0.1) is 0 Å². The summed E-state index contributed by atoms with van der Waals surface area (Å²) in [6.07, 6.45) is -7.64. The van der Waals surface area contributed by atoms with Gasteiger partial charge in [-0.1, -0.05) is 11.6 Å². The number of nitrogens with zero attached hydrogens (tertiary/aromatic N) is 3. The number of hydrogen-bond donors (Lipinski definition) is 1. The van der Waals surface area contributed by atoms with Crippen LogP contribution in [-0.4, -0.2) is 27.8 Å². The Balaban J connectivity index is 1.91. The van der Waals surface area contributed by atoms with Gasteiger partial charge in [0.2, 0.25) is 0 Å². The molecule has 2 heterocycles. The topological polar surface area (TPSA) is 69.0 Å². The van der Waals surface area contributed by atoms with Crippen molar-refractivity contribution in [1.82, 2.24) is 14.8 Å². The minimum Gasteiger partial charge on any atom is -0.494 e. The maximum absolute atomic E-state index is 13.2. The minimum atomic E-state index is -5.07. The lowest BCUT2D eigenvalue weighted by Gasteiger charge is -2.12. The van der Waals surface area contributed by atoms with Gasteiger partial charge < -0.3 is 10.1 Å². The summed E-state index contributed by atoms with van der Waals surface area (Å²) in [5.41, 5.74) is -3.45. The number of rotatable bonds is 4. The van der Waals surface area contributed by atoms with Crippen molar-refractivity contribution in [2.24, 2.45) is 0 Å². The summed E-state index contributed by atoms with van der Waals surface area (Å²) in [4.78, 5) is 16.3. The number of benzene rings is 1. The lowest BCUT2D eigenvalue weighted by Crippen LogP contribution is -2.15. The Morgan fingerprint density at radius 2 is 1.71 bits per heavy atom. The third-order valence-electron chi connectivity index (χ3n) is 3.97. The normalized spacial score (nSPS) is 12.0. The molecule has 0 atom stereocenters. The Morgan fingerprint density at radius 3 is 2.26 bits per heavy atom. The van der Waals surface area contributed by atoms with Gasteiger partial charge >= 0.3 is 12.4 Å². The van der Waals surface area contributed by atoms with E-state index in [0.29, 0.717) is 0 Å². The standard InChI is InChI=1S/C18H11ClF6N4O2/c1-31-12-8-26-7-11(19)15(12)16(30)27-9-2-4-10(5-3-9)29-14(18(23,24)25)6-13(28-29)17(20,21)22/h2-8H,1H3,(H,27,30). The van der Waals surface area contributed by atoms with Gasteiger partial charge in [0.25, 0.3) is 5.91 Å². The Kier molecular flexibility index (Phi) is 5.85. The highest BCUT2D eigenvalue weighted by Crippen LogP contribution is 2.36. The second-order valence-corrected chi connectivity index (χ2v) is 6.43. The quantitative estimate of drug-likeness (QED) is 0.538. The number of alkyl halides is 6. The number of hydrogen-bond acceptors (Lipinski definition) is 4. The zero-order valence-electron chi connectivity index (χ0n) is 15.3. The Labute approximate surface area is 175 Å². The molecule has 0 aliphatic rings. The SMILES string of the molecule is COc1cncc(Cl)c1C(=O)Nc1ccc(-n2nc(C(F)(F)F)cc2C(F)(F)F)cc1. The van der Waals surface area contributed by atoms with Crippen LogP contribution in [0.15, 0.2) is 42.7 Å². The van der Waals surface area contributed by atoms with E-state index in [-0.39, 0.29) is 38.5 Å². The molecule has 31 heavy (non-hydrogen) atoms. The number of anilines is 1. The Bertz CT molecular complexity index is 1110. The van der Waals surface area contributed by atoms with Crippen LogP contribution in [0.25, 0.3) is 5.69 Å². The number of pyridine rings is 1. The number of aromatic nitrogens is 3. The summed E-state index contributed by atoms with van der Waals surface area (Å²) in [7, 11) is 1.30. The molecule has 0 fully saturated rings. The molecule has 13 heteroatoms. The number of methoxy groups -OCH3 is 1. The molecule has 1 aromatic carbocycles. The molecule has 1 N–H and O–H groups in total. The molecule has 3 aromatic rings. The van der Waals surface area contributed by atoms with Crippen LogP contribution in [0.5, 0.6) is 5.75 Å². The predicted molar refractivity (Wildman–Crippen MR) is 97.3 cm³/mol. The predicted octanol–water partition coefficient (Wildman–Crippen LogP) is 5.22. The highest BCUT2D eigenvalue weighted by atomic mass is 35.5. The fraction of sp³-hybridized carbons (Fsp3) is 0.167. The van der Waals surface area contributed by atoms with E-state index in [1.807, 2.05) is 0 Å². The number of nitrogens with one attached hydrogen (secondary N) is 1. The van der Waals surface area contributed by atoms with E-state index in [9.17, 15) is 31.1 Å². The second-order valence-electron chi connectivity index (χ2n) is 6.02. The average Bonchev–Trinajstić information content (AvgIpc) is 3.14. The van der Waals surface area contributed by atoms with Gasteiger partial charge in [0.1, 0.15) is 11.3 Å². The van der Waals surface area contributed by atoms with Crippen LogP contribution < -0.4 is 10.1 Å². The third-order valence-corrected chi connectivity index (χ3v) is 4.26. The molecule has 0 saturated carbocycles. The van der Waals surface area contributed by atoms with Crippen molar-refractivity contribution in [3.05, 3.63) is 64.7 Å². The lowest BCUT2D eigenvalue weighted by molar-refractivity contribution is -0.143. The molecular formula is C18H11ClF6N4O2. The van der Waals surface area contributed by atoms with E-state index in [2.05, 4.69) is 15.4 Å². The van der Waals surface area contributed by atoms with E-state index in [4.69, 9.17) is 16.3 Å². The molecule has 3 rings (SSSR count). The third kappa shape index (κ3) is 4.74. The molecule has 6 nitrogen and oxygen atoms in total. The number of halogens is 7. The molecule has 0 unspecified atom stereocenters. The monoisotopic (exact) mass is 464 g/mol. The highest BCUT2D eigenvalue weighted by molar-refractivity contribution is 6.34. The second kappa shape index (κ2) is 8.10. The van der Waals surface area contributed by atoms with Crippen molar-refractivity contribution in [2.75, 3.05) is 12.4 Å². The van der Waals surface area contributed by atoms with Crippen molar-refractivity contribution in [2.45, 2.75) is 12.4 Å². The summed E-state index contributed by atoms with van der Waals surface area (Å²) < 4.78 is 83.2. The Hall–Kier alpha value is -3.28. The maximum Gasteiger partial charge on any atom is 0.435 e. The van der Waals surface area contributed by atoms with Gasteiger partial charge in [0, 0.05) is 18.0 Å². The van der Waals surface area contributed by atoms with Crippen molar-refractivity contribution < 1.29 is 35.9 Å². The van der Waals surface area contributed by atoms with Crippen LogP contribution >= 0.6 is 11.6 Å². The lowest BCUT2D eigenvalue weighted by atomic mass is 10.2. The van der Waals surface area contributed by atoms with Crippen molar-refractivity contribution in [3.8, 4) is 11.4 Å². The molecule has 0 aliphatic heterocycles. The molecule has 164 valence electrons. The van der Waals surface area contributed by atoms with Crippen LogP contribution in [0, 0.1) is 0 Å². The average molecular weight is 465 g/mol. The summed E-state index contributed by atoms with van der Waals surface area (Å²) in [5.74, 6) is -0.598. The van der Waals surface area contributed by atoms with Gasteiger partial charge in [-0.3, -0.25) is 9.78 Å². The fourth-order valence-electron chi connectivity index (χ4n) is 2.59. The maximum atomic E-state index is 13.2. The van der Waals surface area contributed by atoms with Crippen LogP contribution in [0.3, 0.4) is 0 Å². The van der Waals surface area contributed by atoms with Gasteiger partial charge in [-0.05, 0) is 24.3 Å². The molecule has 1 amide bonds. The zero-order chi connectivity index (χ0) is 23.0. The Morgan fingerprint density at radius 1 is 1.06 bits per heavy atom. The molecule has 0 bridgehead atoms. The first-order valence-corrected chi connectivity index (χ1v) is 8.63. The molecule has 0 radical (unpaired) electrons. The molecular weight excluding hydrogens is 454 g/mol. The molecule has 0 aliphatic carbocycles. The summed E-state index contributed by atoms with van der Waals surface area (Å²) in [6, 6.07) is 4.47. The first kappa shape index (κ1) is 22.4. The van der Waals surface area contributed by atoms with Crippen LogP contribution in [0.4, 0.5) is 32.0 Å². The first-order valence-electron chi connectivity index (χ1n) is 8.25. The smallest absolute Gasteiger partial charge is 0.435 e. The van der Waals surface area contributed by atoms with Crippen LogP contribution in [0.2, 0.25) is 5.02 Å². The number of carbonyl (C=O) groups is 1. The molecule has 0 spiro atoms. The first-order chi connectivity index (χ1) is 14.4. The van der Waals surface area contributed by atoms with Crippen LogP contribution in [0.1, 0.15) is 21.7 Å². The van der Waals surface area contributed by atoms with Crippen molar-refractivity contribution >= 4 is 23.2 Å². The van der Waals surface area contributed by atoms with Crippen molar-refractivity contribution in [3.63, 3.8) is 0 Å². The van der Waals surface area contributed by atoms with Gasteiger partial charge in [0.15, 0.2) is 11.4 Å². The zero-order valence-corrected chi connectivity index (χ0v) is 16.1. The number of carbonyl (C=O) groups excluding carboxylic acids is 1. The van der Waals surface area contributed by atoms with Gasteiger partial charge in [0.05, 0.1) is 24.0 Å². The molecule has 2 aromatic heterocycles. The molecule has 0 saturated heterocycles. The fourth-order valence-corrected chi connectivity index (χ4v) is 2.83. The largest absolute Gasteiger partial charge is 0.494 e. The van der Waals surface area contributed by atoms with E-state index in [1.54, 1.807) is 0 Å².